The summed E-state index contributed by atoms with van der Waals surface area (Å²) in [6.45, 7) is 2.16. The molecule has 32 heavy (non-hydrogen) atoms. The van der Waals surface area contributed by atoms with E-state index >= 15 is 0 Å². The number of methoxy groups -OCH3 is 1. The van der Waals surface area contributed by atoms with Crippen LogP contribution in [0.25, 0.3) is 0 Å². The number of hydrogen-bond donors (Lipinski definition) is 0. The molecule has 0 aliphatic rings. The van der Waals surface area contributed by atoms with Gasteiger partial charge in [0, 0.05) is 26.9 Å². The molecule has 0 aromatic heterocycles. The summed E-state index contributed by atoms with van der Waals surface area (Å²) in [6.07, 6.45) is 0. The molecule has 0 saturated carbocycles. The smallest absolute Gasteiger partial charge is 0.338 e. The fraction of sp³-hybridized carbons (Fsp3) is 0.167. The van der Waals surface area contributed by atoms with Crippen molar-refractivity contribution in [1.82, 2.24) is 0 Å². The van der Waals surface area contributed by atoms with E-state index in [1.807, 2.05) is 0 Å². The van der Waals surface area contributed by atoms with E-state index in [0.29, 0.717) is 42.6 Å². The Morgan fingerprint density at radius 1 is 0.969 bits per heavy atom. The minimum atomic E-state index is -0.426. The summed E-state index contributed by atoms with van der Waals surface area (Å²) in [5.41, 5.74) is 2.03. The highest BCUT2D eigenvalue weighted by atomic mass is 79.9. The largest absolute Gasteiger partial charge is 0.496 e. The quantitative estimate of drug-likeness (QED) is 0.312. The molecule has 0 bridgehead atoms. The van der Waals surface area contributed by atoms with Gasteiger partial charge in [-0.15, -0.1) is 0 Å². The highest BCUT2D eigenvalue weighted by Gasteiger charge is 2.22. The second kappa shape index (κ2) is 10.9. The first kappa shape index (κ1) is 24.1. The van der Waals surface area contributed by atoms with Crippen LogP contribution in [0.1, 0.15) is 33.2 Å². The second-order valence-electron chi connectivity index (χ2n) is 6.71. The fourth-order valence-electron chi connectivity index (χ4n) is 3.07. The number of benzene rings is 3. The maximum Gasteiger partial charge on any atom is 0.338 e. The minimum absolute atomic E-state index is 0.139. The number of nitrogens with zero attached hydrogens (tertiary/aromatic N) is 1. The maximum atomic E-state index is 13.5. The second-order valence-corrected chi connectivity index (χ2v) is 8.38. The molecule has 0 spiro atoms. The van der Waals surface area contributed by atoms with Crippen molar-refractivity contribution in [3.8, 4) is 5.75 Å². The Balaban J connectivity index is 2.02. The van der Waals surface area contributed by atoms with E-state index in [9.17, 15) is 9.59 Å². The molecule has 0 aliphatic carbocycles. The molecule has 0 unspecified atom stereocenters. The molecule has 0 radical (unpaired) electrons. The van der Waals surface area contributed by atoms with Crippen molar-refractivity contribution in [1.29, 1.82) is 0 Å². The number of rotatable bonds is 7. The van der Waals surface area contributed by atoms with Crippen LogP contribution in [0.15, 0.2) is 65.1 Å². The van der Waals surface area contributed by atoms with E-state index in [-0.39, 0.29) is 19.1 Å². The van der Waals surface area contributed by atoms with E-state index in [1.165, 1.54) is 0 Å². The van der Waals surface area contributed by atoms with E-state index < -0.39 is 5.97 Å². The summed E-state index contributed by atoms with van der Waals surface area (Å²) in [5.74, 6) is -0.0839. The third kappa shape index (κ3) is 5.44. The van der Waals surface area contributed by atoms with Crippen molar-refractivity contribution < 1.29 is 19.1 Å². The van der Waals surface area contributed by atoms with Crippen LogP contribution in [0.5, 0.6) is 5.75 Å². The van der Waals surface area contributed by atoms with Crippen molar-refractivity contribution >= 4 is 56.7 Å². The average Bonchev–Trinajstić information content (AvgIpc) is 2.79. The zero-order valence-electron chi connectivity index (χ0n) is 17.4. The van der Waals surface area contributed by atoms with Crippen molar-refractivity contribution in [3.05, 3.63) is 91.9 Å². The highest BCUT2D eigenvalue weighted by molar-refractivity contribution is 9.10. The summed E-state index contributed by atoms with van der Waals surface area (Å²) in [5, 5.41) is 0.906. The Kier molecular flexibility index (Phi) is 8.18. The fourth-order valence-corrected chi connectivity index (χ4v) is 4.13. The van der Waals surface area contributed by atoms with Crippen molar-refractivity contribution in [2.24, 2.45) is 0 Å². The van der Waals surface area contributed by atoms with Crippen LogP contribution in [-0.2, 0) is 11.3 Å². The van der Waals surface area contributed by atoms with Crippen LogP contribution in [-0.4, -0.2) is 25.6 Å². The summed E-state index contributed by atoms with van der Waals surface area (Å²) in [6, 6.07) is 16.9. The number of hydrogen-bond acceptors (Lipinski definition) is 4. The topological polar surface area (TPSA) is 55.8 Å². The Hall–Kier alpha value is -2.54. The predicted molar refractivity (Wildman–Crippen MR) is 130 cm³/mol. The number of amides is 1. The van der Waals surface area contributed by atoms with Gasteiger partial charge in [-0.25, -0.2) is 4.79 Å². The van der Waals surface area contributed by atoms with E-state index in [0.717, 1.165) is 0 Å². The molecule has 5 nitrogen and oxygen atoms in total. The SMILES string of the molecule is CCOC(=O)c1ccc(N(Cc2c(Cl)cccc2Cl)C(=O)c2ccc(OC)c(Br)c2)cc1. The zero-order chi connectivity index (χ0) is 23.3. The van der Waals surface area contributed by atoms with Crippen LogP contribution in [0.4, 0.5) is 5.69 Å². The normalized spacial score (nSPS) is 10.5. The number of esters is 1. The molecule has 3 aromatic rings. The minimum Gasteiger partial charge on any atom is -0.496 e. The molecule has 3 aromatic carbocycles. The van der Waals surface area contributed by atoms with Gasteiger partial charge in [-0.3, -0.25) is 4.79 Å². The van der Waals surface area contributed by atoms with Gasteiger partial charge in [0.15, 0.2) is 0 Å². The van der Waals surface area contributed by atoms with Gasteiger partial charge in [-0.2, -0.15) is 0 Å². The highest BCUT2D eigenvalue weighted by Crippen LogP contribution is 2.31. The van der Waals surface area contributed by atoms with Crippen LogP contribution < -0.4 is 9.64 Å². The van der Waals surface area contributed by atoms with Crippen LogP contribution in [0, 0.1) is 0 Å². The Labute approximate surface area is 205 Å². The van der Waals surface area contributed by atoms with E-state index in [1.54, 1.807) is 79.6 Å². The summed E-state index contributed by atoms with van der Waals surface area (Å²) in [4.78, 5) is 27.1. The molecule has 1 amide bonds. The molecular formula is C24H20BrCl2NO4. The zero-order valence-corrected chi connectivity index (χ0v) is 20.5. The number of anilines is 1. The third-order valence-electron chi connectivity index (χ3n) is 4.71. The molecule has 0 fully saturated rings. The molecular weight excluding hydrogens is 517 g/mol. The van der Waals surface area contributed by atoms with Gasteiger partial charge in [-0.1, -0.05) is 29.3 Å². The van der Waals surface area contributed by atoms with Gasteiger partial charge in [-0.05, 0) is 77.5 Å². The summed E-state index contributed by atoms with van der Waals surface area (Å²) in [7, 11) is 1.55. The Morgan fingerprint density at radius 2 is 1.59 bits per heavy atom. The van der Waals surface area contributed by atoms with Gasteiger partial charge in [0.05, 0.1) is 30.3 Å². The number of ether oxygens (including phenoxy) is 2. The van der Waals surface area contributed by atoms with Crippen molar-refractivity contribution in [3.63, 3.8) is 0 Å². The van der Waals surface area contributed by atoms with Crippen molar-refractivity contribution in [2.45, 2.75) is 13.5 Å². The molecule has 3 rings (SSSR count). The lowest BCUT2D eigenvalue weighted by Crippen LogP contribution is -2.30. The summed E-state index contributed by atoms with van der Waals surface area (Å²) >= 11 is 16.2. The monoisotopic (exact) mass is 535 g/mol. The number of carbonyl (C=O) groups excluding carboxylic acids is 2. The lowest BCUT2D eigenvalue weighted by Gasteiger charge is -2.24. The van der Waals surface area contributed by atoms with Crippen molar-refractivity contribution in [2.75, 3.05) is 18.6 Å². The third-order valence-corrected chi connectivity index (χ3v) is 6.04. The van der Waals surface area contributed by atoms with Crippen LogP contribution >= 0.6 is 39.1 Å². The molecule has 0 aliphatic heterocycles. The molecule has 8 heteroatoms. The maximum absolute atomic E-state index is 13.5. The molecule has 0 heterocycles. The van der Waals surface area contributed by atoms with Gasteiger partial charge in [0.2, 0.25) is 0 Å². The number of halogens is 3. The lowest BCUT2D eigenvalue weighted by molar-refractivity contribution is 0.0526. The first-order valence-electron chi connectivity index (χ1n) is 9.71. The van der Waals surface area contributed by atoms with Gasteiger partial charge >= 0.3 is 5.97 Å². The van der Waals surface area contributed by atoms with Gasteiger partial charge < -0.3 is 14.4 Å². The Bertz CT molecular complexity index is 1120. The van der Waals surface area contributed by atoms with Crippen LogP contribution in [0.3, 0.4) is 0 Å². The number of carbonyl (C=O) groups is 2. The summed E-state index contributed by atoms with van der Waals surface area (Å²) < 4.78 is 10.9. The van der Waals surface area contributed by atoms with E-state index in [4.69, 9.17) is 32.7 Å². The first-order valence-corrected chi connectivity index (χ1v) is 11.3. The first-order chi connectivity index (χ1) is 15.3. The van der Waals surface area contributed by atoms with E-state index in [2.05, 4.69) is 15.9 Å². The molecule has 0 N–H and O–H groups in total. The predicted octanol–water partition coefficient (Wildman–Crippen LogP) is 6.79. The van der Waals surface area contributed by atoms with Gasteiger partial charge in [0.1, 0.15) is 5.75 Å². The molecule has 166 valence electrons. The Morgan fingerprint density at radius 3 is 2.16 bits per heavy atom. The molecule has 0 saturated heterocycles. The standard InChI is InChI=1S/C24H20BrCl2NO4/c1-3-32-24(30)15-7-10-17(11-8-15)28(14-18-20(26)5-4-6-21(18)27)23(29)16-9-12-22(31-2)19(25)13-16/h4-13H,3,14H2,1-2H3. The average molecular weight is 537 g/mol. The lowest BCUT2D eigenvalue weighted by atomic mass is 10.1. The molecule has 0 atom stereocenters. The van der Waals surface area contributed by atoms with Gasteiger partial charge in [0.25, 0.3) is 5.91 Å². The van der Waals surface area contributed by atoms with Crippen LogP contribution in [0.2, 0.25) is 10.0 Å².